The zero-order chi connectivity index (χ0) is 20.3. The van der Waals surface area contributed by atoms with Gasteiger partial charge >= 0.3 is 6.18 Å². The van der Waals surface area contributed by atoms with E-state index in [9.17, 15) is 13.2 Å². The summed E-state index contributed by atoms with van der Waals surface area (Å²) in [4.78, 5) is 5.73. The highest BCUT2D eigenvalue weighted by atomic mass is 32.2. The van der Waals surface area contributed by atoms with E-state index >= 15 is 0 Å². The molecule has 2 atom stereocenters. The van der Waals surface area contributed by atoms with Crippen molar-refractivity contribution in [3.63, 3.8) is 0 Å². The largest absolute Gasteiger partial charge is 0.431 e. The summed E-state index contributed by atoms with van der Waals surface area (Å²) in [5, 5.41) is 0.845. The zero-order valence-corrected chi connectivity index (χ0v) is 17.0. The maximum atomic E-state index is 13.9. The van der Waals surface area contributed by atoms with Crippen LogP contribution in [0.4, 0.5) is 19.1 Å². The van der Waals surface area contributed by atoms with E-state index < -0.39 is 17.4 Å². The van der Waals surface area contributed by atoms with Crippen LogP contribution in [0.1, 0.15) is 27.2 Å². The molecule has 150 valence electrons. The predicted molar refractivity (Wildman–Crippen MR) is 105 cm³/mol. The van der Waals surface area contributed by atoms with Gasteiger partial charge in [-0.15, -0.1) is 11.8 Å². The fourth-order valence-corrected chi connectivity index (χ4v) is 5.26. The summed E-state index contributed by atoms with van der Waals surface area (Å²) in [7, 11) is 1.62. The number of halogens is 3. The number of alkyl halides is 3. The van der Waals surface area contributed by atoms with E-state index in [-0.39, 0.29) is 6.10 Å². The number of rotatable bonds is 4. The van der Waals surface area contributed by atoms with Crippen molar-refractivity contribution in [1.82, 2.24) is 9.55 Å². The molecule has 1 aromatic heterocycles. The van der Waals surface area contributed by atoms with E-state index in [1.807, 2.05) is 30.6 Å². The lowest BCUT2D eigenvalue weighted by atomic mass is 9.79. The molecule has 28 heavy (non-hydrogen) atoms. The summed E-state index contributed by atoms with van der Waals surface area (Å²) in [6.45, 7) is 5.90. The number of nitrogens with zero attached hydrogens (tertiary/aromatic N) is 3. The van der Waals surface area contributed by atoms with Gasteiger partial charge in [0.25, 0.3) is 0 Å². The van der Waals surface area contributed by atoms with Gasteiger partial charge in [-0.3, -0.25) is 9.47 Å². The fourth-order valence-electron chi connectivity index (χ4n) is 4.42. The quantitative estimate of drug-likeness (QED) is 0.507. The third-order valence-electron chi connectivity index (χ3n) is 5.34. The molecule has 1 aromatic rings. The van der Waals surface area contributed by atoms with E-state index in [0.717, 1.165) is 40.1 Å². The SMILES string of the molecule is CCCSc1cnc2n1C1=C(C)C(OC)C(C)=CC13C=CC=C(C(F)(F)F)N23. The molecule has 4 rings (SSSR count). The smallest absolute Gasteiger partial charge is 0.373 e. The molecule has 4 nitrogen and oxygen atoms in total. The van der Waals surface area contributed by atoms with Crippen molar-refractivity contribution in [2.45, 2.75) is 50.0 Å². The molecule has 8 heteroatoms. The molecule has 3 aliphatic rings. The number of anilines is 1. The lowest BCUT2D eigenvalue weighted by molar-refractivity contribution is -0.0941. The maximum Gasteiger partial charge on any atom is 0.431 e. The lowest BCUT2D eigenvalue weighted by Crippen LogP contribution is -2.50. The van der Waals surface area contributed by atoms with Crippen LogP contribution in [-0.2, 0) is 4.74 Å². The van der Waals surface area contributed by atoms with Gasteiger partial charge < -0.3 is 4.74 Å². The Balaban J connectivity index is 2.00. The summed E-state index contributed by atoms with van der Waals surface area (Å²) in [6.07, 6.45) is 4.18. The van der Waals surface area contributed by atoms with Crippen molar-refractivity contribution in [3.8, 4) is 0 Å². The summed E-state index contributed by atoms with van der Waals surface area (Å²) >= 11 is 1.60. The van der Waals surface area contributed by atoms with Crippen LogP contribution in [0, 0.1) is 0 Å². The van der Waals surface area contributed by atoms with Gasteiger partial charge in [0.05, 0.1) is 11.9 Å². The Morgan fingerprint density at radius 1 is 1.32 bits per heavy atom. The number of methoxy groups -OCH3 is 1. The van der Waals surface area contributed by atoms with Gasteiger partial charge in [0.15, 0.2) is 0 Å². The van der Waals surface area contributed by atoms with Crippen molar-refractivity contribution >= 4 is 23.4 Å². The highest BCUT2D eigenvalue weighted by Crippen LogP contribution is 2.55. The lowest BCUT2D eigenvalue weighted by Gasteiger charge is -2.42. The highest BCUT2D eigenvalue weighted by Gasteiger charge is 2.57. The Morgan fingerprint density at radius 3 is 2.71 bits per heavy atom. The van der Waals surface area contributed by atoms with Crippen molar-refractivity contribution in [2.24, 2.45) is 0 Å². The molecule has 0 bridgehead atoms. The van der Waals surface area contributed by atoms with E-state index in [2.05, 4.69) is 11.9 Å². The molecule has 0 aromatic carbocycles. The molecule has 0 amide bonds. The first-order valence-corrected chi connectivity index (χ1v) is 10.2. The predicted octanol–water partition coefficient (Wildman–Crippen LogP) is 5.17. The standard InChI is InChI=1S/C20H22F3N3OS/c1-5-9-28-15-11-24-18-25(15)17-13(3)16(27-4)12(2)10-19(17)8-6-7-14(26(18)19)20(21,22)23/h6-8,10-11,16H,5,9H2,1-4H3. The van der Waals surface area contributed by atoms with Gasteiger partial charge in [-0.05, 0) is 55.4 Å². The van der Waals surface area contributed by atoms with Crippen molar-refractivity contribution < 1.29 is 17.9 Å². The van der Waals surface area contributed by atoms with E-state index in [0.29, 0.717) is 5.95 Å². The molecule has 1 spiro atoms. The second kappa shape index (κ2) is 6.56. The van der Waals surface area contributed by atoms with Crippen LogP contribution in [-0.4, -0.2) is 40.2 Å². The summed E-state index contributed by atoms with van der Waals surface area (Å²) in [5.41, 5.74) is 0.804. The monoisotopic (exact) mass is 409 g/mol. The van der Waals surface area contributed by atoms with Gasteiger partial charge in [-0.1, -0.05) is 13.0 Å². The molecule has 0 radical (unpaired) electrons. The molecule has 0 fully saturated rings. The third kappa shape index (κ3) is 2.54. The minimum Gasteiger partial charge on any atom is -0.373 e. The number of imidazole rings is 1. The molecule has 3 heterocycles. The highest BCUT2D eigenvalue weighted by molar-refractivity contribution is 7.99. The normalized spacial score (nSPS) is 26.1. The van der Waals surface area contributed by atoms with Crippen LogP contribution in [0.3, 0.4) is 0 Å². The fraction of sp³-hybridized carbons (Fsp3) is 0.450. The minimum absolute atomic E-state index is 0.270. The van der Waals surface area contributed by atoms with Gasteiger partial charge in [0.1, 0.15) is 22.4 Å². The topological polar surface area (TPSA) is 30.3 Å². The number of fused-ring (bicyclic) bond motifs is 3. The first-order valence-electron chi connectivity index (χ1n) is 9.17. The molecule has 0 saturated carbocycles. The van der Waals surface area contributed by atoms with Crippen LogP contribution in [0.5, 0.6) is 0 Å². The van der Waals surface area contributed by atoms with Gasteiger partial charge in [0.2, 0.25) is 5.95 Å². The van der Waals surface area contributed by atoms with Crippen LogP contribution in [0.2, 0.25) is 0 Å². The third-order valence-corrected chi connectivity index (χ3v) is 6.53. The van der Waals surface area contributed by atoms with E-state index in [4.69, 9.17) is 4.74 Å². The first-order chi connectivity index (χ1) is 13.3. The molecular weight excluding hydrogens is 387 g/mol. The number of hydrogen-bond donors (Lipinski definition) is 0. The zero-order valence-electron chi connectivity index (χ0n) is 16.2. The molecule has 1 aliphatic carbocycles. The average molecular weight is 409 g/mol. The molecule has 2 unspecified atom stereocenters. The van der Waals surface area contributed by atoms with Crippen LogP contribution < -0.4 is 4.90 Å². The second-order valence-electron chi connectivity index (χ2n) is 7.19. The molecular formula is C20H22F3N3OS. The Labute approximate surface area is 166 Å². The minimum atomic E-state index is -4.49. The number of ether oxygens (including phenoxy) is 1. The van der Waals surface area contributed by atoms with Crippen molar-refractivity contribution in [3.05, 3.63) is 47.3 Å². The van der Waals surface area contributed by atoms with Gasteiger partial charge in [0, 0.05) is 7.11 Å². The van der Waals surface area contributed by atoms with Crippen molar-refractivity contribution in [1.29, 1.82) is 0 Å². The number of aromatic nitrogens is 2. The van der Waals surface area contributed by atoms with E-state index in [1.54, 1.807) is 25.1 Å². The summed E-state index contributed by atoms with van der Waals surface area (Å²) in [5.74, 6) is 1.16. The first kappa shape index (κ1) is 19.4. The second-order valence-corrected chi connectivity index (χ2v) is 8.30. The van der Waals surface area contributed by atoms with Crippen LogP contribution in [0.25, 0.3) is 5.70 Å². The maximum absolute atomic E-state index is 13.9. The Bertz CT molecular complexity index is 941. The summed E-state index contributed by atoms with van der Waals surface area (Å²) < 4.78 is 49.3. The molecule has 0 saturated heterocycles. The van der Waals surface area contributed by atoms with E-state index in [1.165, 1.54) is 11.0 Å². The molecule has 2 aliphatic heterocycles. The average Bonchev–Trinajstić information content (AvgIpc) is 3.14. The number of hydrogen-bond acceptors (Lipinski definition) is 4. The summed E-state index contributed by atoms with van der Waals surface area (Å²) in [6, 6.07) is 0. The Morgan fingerprint density at radius 2 is 2.07 bits per heavy atom. The van der Waals surface area contributed by atoms with Crippen LogP contribution >= 0.6 is 11.8 Å². The van der Waals surface area contributed by atoms with Crippen molar-refractivity contribution in [2.75, 3.05) is 17.8 Å². The number of allylic oxidation sites excluding steroid dienone is 3. The van der Waals surface area contributed by atoms with Gasteiger partial charge in [-0.2, -0.15) is 13.2 Å². The number of thioether (sulfide) groups is 1. The Kier molecular flexibility index (Phi) is 4.54. The molecule has 0 N–H and O–H groups in total. The van der Waals surface area contributed by atoms with Crippen LogP contribution in [0.15, 0.2) is 52.4 Å². The Hall–Kier alpha value is -1.93. The van der Waals surface area contributed by atoms with Gasteiger partial charge in [-0.25, -0.2) is 4.98 Å².